The Balaban J connectivity index is 0. The Bertz CT molecular complexity index is 230. The average molecular weight is 238 g/mol. The Morgan fingerprint density at radius 3 is 1.44 bits per heavy atom. The minimum atomic E-state index is -2.27. The van der Waals surface area contributed by atoms with Gasteiger partial charge in [0.05, 0.1) is 6.61 Å². The molecule has 0 aromatic rings. The van der Waals surface area contributed by atoms with Crippen LogP contribution in [-0.4, -0.2) is 57.1 Å². The van der Waals surface area contributed by atoms with Crippen LogP contribution in [0, 0.1) is 0 Å². The van der Waals surface area contributed by atoms with E-state index < -0.39 is 24.1 Å². The lowest BCUT2D eigenvalue weighted by Gasteiger charge is -2.07. The van der Waals surface area contributed by atoms with Crippen LogP contribution in [0.25, 0.3) is 0 Å². The van der Waals surface area contributed by atoms with E-state index in [1.165, 1.54) is 6.92 Å². The zero-order valence-electron chi connectivity index (χ0n) is 8.78. The van der Waals surface area contributed by atoms with Crippen LogP contribution in [0.1, 0.15) is 13.8 Å². The molecule has 0 aliphatic heterocycles. The van der Waals surface area contributed by atoms with Crippen molar-refractivity contribution in [3.8, 4) is 0 Å². The molecule has 0 spiro atoms. The fourth-order valence-electron chi connectivity index (χ4n) is 0.473. The highest BCUT2D eigenvalue weighted by Gasteiger charge is 2.29. The van der Waals surface area contributed by atoms with Gasteiger partial charge in [-0.2, -0.15) is 0 Å². The summed E-state index contributed by atoms with van der Waals surface area (Å²) in [6.07, 6.45) is -4.53. The molecule has 4 N–H and O–H groups in total. The number of aliphatic hydroxyl groups is 2. The first-order valence-electron chi connectivity index (χ1n) is 4.19. The highest BCUT2D eigenvalue weighted by molar-refractivity contribution is 5.83. The molecule has 0 heterocycles. The number of carboxylic acids is 2. The number of carboxylic acid groups (broad SMARTS) is 2. The largest absolute Gasteiger partial charge is 0.479 e. The molecule has 2 atom stereocenters. The van der Waals surface area contributed by atoms with Crippen LogP contribution >= 0.6 is 0 Å². The Morgan fingerprint density at radius 1 is 1.06 bits per heavy atom. The smallest absolute Gasteiger partial charge is 0.335 e. The number of carbonyl (C=O) groups is 3. The van der Waals surface area contributed by atoms with Gasteiger partial charge in [-0.15, -0.1) is 0 Å². The zero-order chi connectivity index (χ0) is 13.3. The summed E-state index contributed by atoms with van der Waals surface area (Å²) in [5, 5.41) is 32.5. The molecule has 8 heteroatoms. The van der Waals surface area contributed by atoms with Gasteiger partial charge in [0, 0.05) is 6.92 Å². The van der Waals surface area contributed by atoms with Crippen molar-refractivity contribution >= 4 is 17.9 Å². The third-order valence-electron chi connectivity index (χ3n) is 1.15. The first-order chi connectivity index (χ1) is 7.23. The summed E-state index contributed by atoms with van der Waals surface area (Å²) in [6.45, 7) is 3.65. The van der Waals surface area contributed by atoms with E-state index in [-0.39, 0.29) is 5.97 Å². The molecule has 16 heavy (non-hydrogen) atoms. The van der Waals surface area contributed by atoms with E-state index in [9.17, 15) is 14.4 Å². The van der Waals surface area contributed by atoms with Gasteiger partial charge in [0.15, 0.2) is 12.2 Å². The third kappa shape index (κ3) is 8.91. The van der Waals surface area contributed by atoms with Crippen LogP contribution in [0.15, 0.2) is 0 Å². The van der Waals surface area contributed by atoms with E-state index in [1.807, 2.05) is 0 Å². The van der Waals surface area contributed by atoms with Crippen LogP contribution in [0.2, 0.25) is 0 Å². The molecule has 8 nitrogen and oxygen atoms in total. The predicted molar refractivity (Wildman–Crippen MR) is 49.6 cm³/mol. The predicted octanol–water partition coefficient (Wildman–Crippen LogP) is -1.55. The van der Waals surface area contributed by atoms with Gasteiger partial charge < -0.3 is 25.2 Å². The van der Waals surface area contributed by atoms with E-state index in [0.29, 0.717) is 6.61 Å². The van der Waals surface area contributed by atoms with Gasteiger partial charge in [0.1, 0.15) is 0 Å². The summed E-state index contributed by atoms with van der Waals surface area (Å²) in [5.41, 5.74) is 0. The number of hydrogen-bond acceptors (Lipinski definition) is 6. The molecule has 0 saturated heterocycles. The standard InChI is InChI=1S/C4H6O6.C4H8O2/c5-1(3(7)8)2(6)4(9)10;1-3-6-4(2)5/h1-2,5-6H,(H,7,8)(H,9,10);3H2,1-2H3/t1-,2-;/m1./s1. The summed E-state index contributed by atoms with van der Waals surface area (Å²) in [4.78, 5) is 29.4. The fourth-order valence-corrected chi connectivity index (χ4v) is 0.473. The Kier molecular flexibility index (Phi) is 9.03. The maximum Gasteiger partial charge on any atom is 0.335 e. The second-order valence-corrected chi connectivity index (χ2v) is 2.49. The van der Waals surface area contributed by atoms with Crippen molar-refractivity contribution in [2.24, 2.45) is 0 Å². The van der Waals surface area contributed by atoms with Crippen molar-refractivity contribution < 1.29 is 39.5 Å². The summed E-state index contributed by atoms with van der Waals surface area (Å²) in [5.74, 6) is -3.75. The number of carbonyl (C=O) groups excluding carboxylic acids is 1. The molecule has 0 aromatic heterocycles. The summed E-state index contributed by atoms with van der Waals surface area (Å²) in [6, 6.07) is 0. The lowest BCUT2D eigenvalue weighted by molar-refractivity contribution is -0.165. The molecule has 0 rings (SSSR count). The molecule has 0 fully saturated rings. The van der Waals surface area contributed by atoms with Crippen LogP contribution in [0.5, 0.6) is 0 Å². The van der Waals surface area contributed by atoms with Gasteiger partial charge in [0.2, 0.25) is 0 Å². The topological polar surface area (TPSA) is 141 Å². The van der Waals surface area contributed by atoms with Crippen molar-refractivity contribution in [2.45, 2.75) is 26.1 Å². The van der Waals surface area contributed by atoms with Crippen LogP contribution in [0.4, 0.5) is 0 Å². The Hall–Kier alpha value is -1.67. The molecule has 0 aromatic carbocycles. The van der Waals surface area contributed by atoms with Gasteiger partial charge in [-0.25, -0.2) is 9.59 Å². The van der Waals surface area contributed by atoms with E-state index in [0.717, 1.165) is 0 Å². The van der Waals surface area contributed by atoms with Gasteiger partial charge in [-0.05, 0) is 6.92 Å². The highest BCUT2D eigenvalue weighted by atomic mass is 16.5. The van der Waals surface area contributed by atoms with Crippen LogP contribution < -0.4 is 0 Å². The first-order valence-corrected chi connectivity index (χ1v) is 4.19. The highest BCUT2D eigenvalue weighted by Crippen LogP contribution is 1.92. The summed E-state index contributed by atoms with van der Waals surface area (Å²) in [7, 11) is 0. The molecule has 0 aliphatic carbocycles. The number of aliphatic hydroxyl groups excluding tert-OH is 2. The Morgan fingerprint density at radius 2 is 1.38 bits per heavy atom. The van der Waals surface area contributed by atoms with E-state index in [2.05, 4.69) is 4.74 Å². The molecule has 0 radical (unpaired) electrons. The van der Waals surface area contributed by atoms with Gasteiger partial charge in [-0.1, -0.05) is 0 Å². The van der Waals surface area contributed by atoms with Crippen molar-refractivity contribution in [2.75, 3.05) is 6.61 Å². The summed E-state index contributed by atoms with van der Waals surface area (Å²) < 4.78 is 4.40. The maximum absolute atomic E-state index is 9.82. The lowest BCUT2D eigenvalue weighted by atomic mass is 10.2. The fraction of sp³-hybridized carbons (Fsp3) is 0.625. The average Bonchev–Trinajstić information content (AvgIpc) is 2.15. The van der Waals surface area contributed by atoms with Crippen molar-refractivity contribution in [1.29, 1.82) is 0 Å². The SMILES string of the molecule is CCOC(C)=O.O=C(O)[C@H](O)[C@@H](O)C(=O)O. The lowest BCUT2D eigenvalue weighted by Crippen LogP contribution is -2.39. The van der Waals surface area contributed by atoms with Crippen molar-refractivity contribution in [3.05, 3.63) is 0 Å². The van der Waals surface area contributed by atoms with E-state index in [1.54, 1.807) is 6.92 Å². The quantitative estimate of drug-likeness (QED) is 0.431. The van der Waals surface area contributed by atoms with Gasteiger partial charge in [-0.3, -0.25) is 4.79 Å². The first kappa shape index (κ1) is 16.7. The Labute approximate surface area is 91.1 Å². The van der Waals surface area contributed by atoms with Crippen molar-refractivity contribution in [1.82, 2.24) is 0 Å². The van der Waals surface area contributed by atoms with E-state index in [4.69, 9.17) is 20.4 Å². The monoisotopic (exact) mass is 238 g/mol. The molecule has 0 aliphatic rings. The number of esters is 1. The number of rotatable bonds is 4. The molecular weight excluding hydrogens is 224 g/mol. The van der Waals surface area contributed by atoms with Gasteiger partial charge >= 0.3 is 17.9 Å². The zero-order valence-corrected chi connectivity index (χ0v) is 8.78. The molecule has 0 amide bonds. The number of hydrogen-bond donors (Lipinski definition) is 4. The minimum Gasteiger partial charge on any atom is -0.479 e. The number of aliphatic carboxylic acids is 2. The van der Waals surface area contributed by atoms with Crippen LogP contribution in [0.3, 0.4) is 0 Å². The van der Waals surface area contributed by atoms with Crippen LogP contribution in [-0.2, 0) is 19.1 Å². The maximum atomic E-state index is 9.82. The molecule has 0 bridgehead atoms. The number of ether oxygens (including phenoxy) is 1. The minimum absolute atomic E-state index is 0.211. The van der Waals surface area contributed by atoms with Crippen molar-refractivity contribution in [3.63, 3.8) is 0 Å². The molecular formula is C8H14O8. The molecule has 0 unspecified atom stereocenters. The second kappa shape index (κ2) is 8.62. The van der Waals surface area contributed by atoms with Gasteiger partial charge in [0.25, 0.3) is 0 Å². The normalized spacial score (nSPS) is 12.8. The molecule has 94 valence electrons. The molecule has 0 saturated carbocycles. The third-order valence-corrected chi connectivity index (χ3v) is 1.15. The summed E-state index contributed by atoms with van der Waals surface area (Å²) >= 11 is 0. The second-order valence-electron chi connectivity index (χ2n) is 2.49. The van der Waals surface area contributed by atoms with E-state index >= 15 is 0 Å².